The molecular weight excluding hydrogens is 1180 g/mol. The number of hydrogen-bond donors (Lipinski definition) is 10. The van der Waals surface area contributed by atoms with Crippen molar-refractivity contribution in [3.63, 3.8) is 0 Å². The SMILES string of the molecule is CNc1ncnc2c1ncn2C1OC(COP(O)OP(O)OP(O)c2ccc(-c3nc4nc(SC)[nH]c(=O)c4n3CCOc3ccc(Cl)cc3)cc2)C(OP(=O)(O)OCC2OC(n3cnc4c(=O)[nH]c(N)nc43)C(O)C2O)C1OC. The average molecular weight is 1230 g/mol. The van der Waals surface area contributed by atoms with Crippen molar-refractivity contribution in [2.45, 2.75) is 60.8 Å². The first-order valence-corrected chi connectivity index (χ1v) is 29.9. The van der Waals surface area contributed by atoms with Crippen molar-refractivity contribution >= 4 is 107 Å². The van der Waals surface area contributed by atoms with Gasteiger partial charge in [0.1, 0.15) is 66.6 Å². The number of phosphoric ester groups is 1. The summed E-state index contributed by atoms with van der Waals surface area (Å²) in [6, 6.07) is 13.0. The molecule has 11 N–H and O–H groups in total. The minimum absolute atomic E-state index is 0.0794. The predicted molar refractivity (Wildman–Crippen MR) is 286 cm³/mol. The van der Waals surface area contributed by atoms with E-state index >= 15 is 0 Å². The van der Waals surface area contributed by atoms with Crippen LogP contribution in [0.15, 0.2) is 82.3 Å². The topological polar surface area (TPSA) is 430 Å². The summed E-state index contributed by atoms with van der Waals surface area (Å²) < 4.78 is 68.9. The lowest BCUT2D eigenvalue weighted by atomic mass is 10.1. The Balaban J connectivity index is 0.798. The van der Waals surface area contributed by atoms with E-state index in [0.717, 1.165) is 10.9 Å². The first-order valence-electron chi connectivity index (χ1n) is 23.4. The van der Waals surface area contributed by atoms with Crippen molar-refractivity contribution in [1.82, 2.24) is 58.6 Å². The number of halogens is 1. The van der Waals surface area contributed by atoms with Crippen molar-refractivity contribution in [2.24, 2.45) is 0 Å². The van der Waals surface area contributed by atoms with Crippen LogP contribution in [-0.2, 0) is 47.5 Å². The molecule has 80 heavy (non-hydrogen) atoms. The van der Waals surface area contributed by atoms with Crippen molar-refractivity contribution in [2.75, 3.05) is 51.3 Å². The van der Waals surface area contributed by atoms with Crippen LogP contribution in [-0.4, -0.2) is 165 Å². The van der Waals surface area contributed by atoms with Gasteiger partial charge in [-0.25, -0.2) is 38.8 Å². The van der Waals surface area contributed by atoms with E-state index < -0.39 is 107 Å². The van der Waals surface area contributed by atoms with Gasteiger partial charge >= 0.3 is 25.0 Å². The van der Waals surface area contributed by atoms with E-state index in [-0.39, 0.29) is 52.4 Å². The molecule has 32 nitrogen and oxygen atoms in total. The van der Waals surface area contributed by atoms with Crippen LogP contribution in [0.5, 0.6) is 5.75 Å². The Morgan fingerprint density at radius 2 is 1.57 bits per heavy atom. The zero-order valence-corrected chi connectivity index (χ0v) is 46.7. The van der Waals surface area contributed by atoms with Gasteiger partial charge in [0.15, 0.2) is 51.4 Å². The van der Waals surface area contributed by atoms with Gasteiger partial charge in [0.2, 0.25) is 14.3 Å². The standard InChI is InChI=1S/C42H47ClN14O18P4S/c1-45-32-25-35(47-16-46-32)56(17-48-25)40-31(67-2)30(73-79(65,66)70-15-23-28(58)29(59)39(71-23)57-18-49-26-36(57)52-41(44)53-37(26)60)24(72-40)14-69-77(63)75-78(64)74-76(62)22-10-4-19(5-11-22)34-50-33-27(38(61)54-42(51-33)80-3)55(34)12-13-68-21-8-6-20(43)7-9-21/h4-11,16-18,23-24,28-31,39-40,58-59,62-64H,12-15H2,1-3H3,(H,65,66)(H,45,46,47)(H,51,54,61)(H3,44,52,53,60). The van der Waals surface area contributed by atoms with Crippen LogP contribution >= 0.6 is 56.8 Å². The largest absolute Gasteiger partial charge is 0.492 e. The third-order valence-electron chi connectivity index (χ3n) is 12.3. The molecule has 2 fully saturated rings. The van der Waals surface area contributed by atoms with Gasteiger partial charge in [-0.2, -0.15) is 4.98 Å². The van der Waals surface area contributed by atoms with Crippen LogP contribution in [0.3, 0.4) is 0 Å². The summed E-state index contributed by atoms with van der Waals surface area (Å²) in [6.45, 7) is -1.16. The molecule has 10 rings (SSSR count). The van der Waals surface area contributed by atoms with E-state index in [9.17, 15) is 43.9 Å². The maximum Gasteiger partial charge on any atom is 0.472 e. The molecule has 0 bridgehead atoms. The summed E-state index contributed by atoms with van der Waals surface area (Å²) in [6.07, 6.45) is -6.20. The number of aliphatic hydroxyl groups excluding tert-OH is 2. The number of nitrogens with one attached hydrogen (secondary N) is 3. The lowest BCUT2D eigenvalue weighted by Gasteiger charge is -2.26. The van der Waals surface area contributed by atoms with Crippen LogP contribution < -0.4 is 32.2 Å². The van der Waals surface area contributed by atoms with Gasteiger partial charge < -0.3 is 68.9 Å². The zero-order chi connectivity index (χ0) is 56.6. The minimum atomic E-state index is -5.24. The Bertz CT molecular complexity index is 3660. The molecule has 8 aromatic rings. The second-order valence-corrected chi connectivity index (χ2v) is 23.3. The average Bonchev–Trinajstić information content (AvgIpc) is 4.36. The summed E-state index contributed by atoms with van der Waals surface area (Å²) in [5.74, 6) is 1.03. The number of ether oxygens (including phenoxy) is 4. The van der Waals surface area contributed by atoms with Gasteiger partial charge in [0.25, 0.3) is 11.1 Å². The number of nitrogens with two attached hydrogens (primary N) is 1. The Morgan fingerprint density at radius 3 is 2.30 bits per heavy atom. The van der Waals surface area contributed by atoms with Gasteiger partial charge in [0.05, 0.1) is 32.4 Å². The Kier molecular flexibility index (Phi) is 17.8. The van der Waals surface area contributed by atoms with Gasteiger partial charge in [-0.3, -0.25) is 42.0 Å². The number of thioether (sulfide) groups is 1. The third-order valence-corrected chi connectivity index (χ3v) is 17.5. The van der Waals surface area contributed by atoms with Gasteiger partial charge in [0, 0.05) is 30.0 Å². The van der Waals surface area contributed by atoms with Crippen molar-refractivity contribution < 1.29 is 75.5 Å². The predicted octanol–water partition coefficient (Wildman–Crippen LogP) is 2.29. The number of aliphatic hydroxyl groups is 2. The second kappa shape index (κ2) is 24.6. The highest BCUT2D eigenvalue weighted by molar-refractivity contribution is 7.98. The number of fused-ring (bicyclic) bond motifs is 3. The van der Waals surface area contributed by atoms with Crippen LogP contribution in [0.2, 0.25) is 5.02 Å². The molecule has 2 aliphatic heterocycles. The number of imidazole rings is 3. The van der Waals surface area contributed by atoms with E-state index in [1.54, 1.807) is 54.3 Å². The highest BCUT2D eigenvalue weighted by atomic mass is 35.5. The van der Waals surface area contributed by atoms with E-state index in [4.69, 9.17) is 58.5 Å². The van der Waals surface area contributed by atoms with E-state index in [1.807, 2.05) is 0 Å². The number of aromatic nitrogens is 12. The summed E-state index contributed by atoms with van der Waals surface area (Å²) in [5, 5.41) is 25.9. The lowest BCUT2D eigenvalue weighted by Crippen LogP contribution is -2.37. The summed E-state index contributed by atoms with van der Waals surface area (Å²) in [7, 11) is -11.0. The highest BCUT2D eigenvalue weighted by Crippen LogP contribution is 2.57. The van der Waals surface area contributed by atoms with Crippen LogP contribution in [0.25, 0.3) is 44.9 Å². The molecule has 8 heterocycles. The highest BCUT2D eigenvalue weighted by Gasteiger charge is 2.52. The molecule has 2 aromatic carbocycles. The number of H-pyrrole nitrogens is 2. The molecule has 2 saturated heterocycles. The summed E-state index contributed by atoms with van der Waals surface area (Å²) in [5.41, 5.74) is 5.91. The fourth-order valence-electron chi connectivity index (χ4n) is 8.67. The number of benzene rings is 2. The summed E-state index contributed by atoms with van der Waals surface area (Å²) in [4.78, 5) is 105. The second-order valence-electron chi connectivity index (χ2n) is 17.1. The van der Waals surface area contributed by atoms with Gasteiger partial charge in [-0.1, -0.05) is 35.5 Å². The first kappa shape index (κ1) is 57.9. The Labute approximate surface area is 462 Å². The normalized spacial score (nSPS) is 23.2. The first-order chi connectivity index (χ1) is 38.4. The molecule has 38 heteroatoms. The van der Waals surface area contributed by atoms with Crippen LogP contribution in [0.1, 0.15) is 12.5 Å². The molecule has 6 aromatic heterocycles. The number of phosphoric acid groups is 1. The van der Waals surface area contributed by atoms with Crippen LogP contribution in [0, 0.1) is 0 Å². The number of anilines is 2. The molecule has 0 saturated carbocycles. The number of rotatable bonds is 23. The lowest BCUT2D eigenvalue weighted by molar-refractivity contribution is -0.0580. The number of aromatic amines is 2. The molecule has 12 unspecified atom stereocenters. The van der Waals surface area contributed by atoms with Crippen LogP contribution in [0.4, 0.5) is 11.8 Å². The Morgan fingerprint density at radius 1 is 0.850 bits per heavy atom. The smallest absolute Gasteiger partial charge is 0.472 e. The molecule has 0 radical (unpaired) electrons. The molecule has 0 aliphatic carbocycles. The Hall–Kier alpha value is -5.31. The molecular formula is C42H47ClN14O18P4S. The number of methoxy groups -OCH3 is 1. The molecule has 12 atom stereocenters. The number of nitrogen functional groups attached to an aromatic ring is 1. The van der Waals surface area contributed by atoms with Gasteiger partial charge in [-0.05, 0) is 42.7 Å². The fraction of sp³-hybridized carbons (Fsp3) is 0.357. The van der Waals surface area contributed by atoms with E-state index in [2.05, 4.69) is 50.2 Å². The maximum absolute atomic E-state index is 13.8. The molecule has 2 aliphatic rings. The van der Waals surface area contributed by atoms with E-state index in [0.29, 0.717) is 38.7 Å². The quantitative estimate of drug-likeness (QED) is 0.0249. The summed E-state index contributed by atoms with van der Waals surface area (Å²) >= 11 is 7.26. The fourth-order valence-corrected chi connectivity index (χ4v) is 12.8. The zero-order valence-electron chi connectivity index (χ0n) is 41.5. The van der Waals surface area contributed by atoms with Crippen molar-refractivity contribution in [3.8, 4) is 17.1 Å². The van der Waals surface area contributed by atoms with Crippen molar-refractivity contribution in [1.29, 1.82) is 0 Å². The van der Waals surface area contributed by atoms with Gasteiger partial charge in [-0.15, -0.1) is 0 Å². The molecule has 0 spiro atoms. The third kappa shape index (κ3) is 12.2. The number of nitrogens with zero attached hydrogens (tertiary/aromatic N) is 10. The molecule has 426 valence electrons. The van der Waals surface area contributed by atoms with E-state index in [1.165, 1.54) is 48.2 Å². The molecule has 0 amide bonds. The monoisotopic (exact) mass is 1230 g/mol. The number of hydrogen-bond acceptors (Lipinski definition) is 27. The van der Waals surface area contributed by atoms with Crippen molar-refractivity contribution in [3.05, 3.63) is 93.2 Å². The minimum Gasteiger partial charge on any atom is -0.492 e. The maximum atomic E-state index is 13.8.